The topological polar surface area (TPSA) is 119 Å². The van der Waals surface area contributed by atoms with E-state index < -0.39 is 24.1 Å². The van der Waals surface area contributed by atoms with Crippen LogP contribution in [-0.2, 0) is 9.53 Å². The number of hydrogen-bond acceptors (Lipinski definition) is 5. The molecule has 0 aromatic carbocycles. The summed E-state index contributed by atoms with van der Waals surface area (Å²) >= 11 is 0. The molecule has 0 spiro atoms. The molecule has 0 aliphatic carbocycles. The van der Waals surface area contributed by atoms with Gasteiger partial charge in [0.1, 0.15) is 6.04 Å². The van der Waals surface area contributed by atoms with E-state index in [4.69, 9.17) is 20.1 Å². The van der Waals surface area contributed by atoms with Gasteiger partial charge in [0.15, 0.2) is 0 Å². The molecule has 0 radical (unpaired) electrons. The second kappa shape index (κ2) is 7.27. The number of urea groups is 1. The molecule has 8 heteroatoms. The number of hydrogen-bond donors (Lipinski definition) is 4. The molecule has 4 N–H and O–H groups in total. The van der Waals surface area contributed by atoms with Gasteiger partial charge in [-0.2, -0.15) is 0 Å². The van der Waals surface area contributed by atoms with Gasteiger partial charge in [-0.15, -0.1) is 0 Å². The van der Waals surface area contributed by atoms with Crippen LogP contribution in [0.25, 0.3) is 0 Å². The lowest BCUT2D eigenvalue weighted by Crippen LogP contribution is -2.56. The zero-order chi connectivity index (χ0) is 14.4. The van der Waals surface area contributed by atoms with Crippen molar-refractivity contribution in [2.24, 2.45) is 0 Å². The van der Waals surface area contributed by atoms with Crippen LogP contribution in [0.1, 0.15) is 13.3 Å². The number of aliphatic hydroxyl groups excluding tert-OH is 2. The summed E-state index contributed by atoms with van der Waals surface area (Å²) in [6.07, 6.45) is -0.738. The molecule has 1 saturated heterocycles. The number of carbonyl (C=O) groups is 2. The van der Waals surface area contributed by atoms with Gasteiger partial charge in [0.25, 0.3) is 0 Å². The molecule has 1 rings (SSSR count). The Hall–Kier alpha value is -1.38. The molecule has 1 heterocycles. The van der Waals surface area contributed by atoms with Gasteiger partial charge in [-0.3, -0.25) is 0 Å². The van der Waals surface area contributed by atoms with Crippen molar-refractivity contribution in [3.63, 3.8) is 0 Å². The summed E-state index contributed by atoms with van der Waals surface area (Å²) < 4.78 is 5.39. The van der Waals surface area contributed by atoms with E-state index in [0.29, 0.717) is 6.54 Å². The number of aliphatic hydroxyl groups is 2. The van der Waals surface area contributed by atoms with Crippen molar-refractivity contribution in [2.45, 2.75) is 31.6 Å². The lowest BCUT2D eigenvalue weighted by Gasteiger charge is -2.36. The normalized spacial score (nSPS) is 24.9. The summed E-state index contributed by atoms with van der Waals surface area (Å²) in [5, 5.41) is 29.0. The van der Waals surface area contributed by atoms with Gasteiger partial charge in [-0.25, -0.2) is 9.59 Å². The number of ether oxygens (including phenoxy) is 1. The average molecular weight is 276 g/mol. The number of carboxylic acid groups (broad SMARTS) is 1. The quantitative estimate of drug-likeness (QED) is 0.491. The van der Waals surface area contributed by atoms with Gasteiger partial charge in [0.05, 0.1) is 25.4 Å². The highest BCUT2D eigenvalue weighted by atomic mass is 16.5. The zero-order valence-electron chi connectivity index (χ0n) is 10.8. The first kappa shape index (κ1) is 15.7. The molecule has 0 saturated carbocycles. The van der Waals surface area contributed by atoms with Gasteiger partial charge in [-0.1, -0.05) is 0 Å². The first-order chi connectivity index (χ1) is 8.97. The number of aliphatic carboxylic acids is 1. The number of nitrogens with zero attached hydrogens (tertiary/aromatic N) is 1. The molecule has 1 fully saturated rings. The van der Waals surface area contributed by atoms with Crippen molar-refractivity contribution in [3.8, 4) is 0 Å². The first-order valence-electron chi connectivity index (χ1n) is 6.13. The van der Waals surface area contributed by atoms with Crippen LogP contribution in [0.2, 0.25) is 0 Å². The monoisotopic (exact) mass is 276 g/mol. The number of amides is 2. The van der Waals surface area contributed by atoms with E-state index in [1.807, 2.05) is 0 Å². The van der Waals surface area contributed by atoms with Crippen molar-refractivity contribution in [1.82, 2.24) is 10.2 Å². The molecule has 8 nitrogen and oxygen atoms in total. The van der Waals surface area contributed by atoms with Crippen molar-refractivity contribution < 1.29 is 29.6 Å². The molecule has 0 aromatic heterocycles. The fourth-order valence-corrected chi connectivity index (χ4v) is 1.94. The Bertz CT molecular complexity index is 324. The summed E-state index contributed by atoms with van der Waals surface area (Å²) in [7, 11) is 0. The second-order valence-electron chi connectivity index (χ2n) is 4.51. The number of carbonyl (C=O) groups excluding carboxylic acids is 1. The maximum absolute atomic E-state index is 11.9. The highest BCUT2D eigenvalue weighted by Crippen LogP contribution is 2.11. The minimum Gasteiger partial charge on any atom is -0.480 e. The number of morpholine rings is 1. The van der Waals surface area contributed by atoms with Crippen molar-refractivity contribution in [3.05, 3.63) is 0 Å². The van der Waals surface area contributed by atoms with Crippen LogP contribution >= 0.6 is 0 Å². The molecule has 3 atom stereocenters. The number of rotatable bonds is 5. The zero-order valence-corrected chi connectivity index (χ0v) is 10.8. The van der Waals surface area contributed by atoms with E-state index in [1.54, 1.807) is 6.92 Å². The minimum atomic E-state index is -1.19. The van der Waals surface area contributed by atoms with Gasteiger partial charge in [-0.05, 0) is 6.92 Å². The highest BCUT2D eigenvalue weighted by Gasteiger charge is 2.30. The van der Waals surface area contributed by atoms with E-state index in [-0.39, 0.29) is 32.3 Å². The van der Waals surface area contributed by atoms with Crippen LogP contribution in [0.5, 0.6) is 0 Å². The van der Waals surface area contributed by atoms with Crippen LogP contribution in [0.4, 0.5) is 4.79 Å². The van der Waals surface area contributed by atoms with Crippen LogP contribution < -0.4 is 5.32 Å². The molecule has 110 valence electrons. The van der Waals surface area contributed by atoms with E-state index in [0.717, 1.165) is 0 Å². The van der Waals surface area contributed by atoms with Crippen molar-refractivity contribution >= 4 is 12.0 Å². The Kier molecular flexibility index (Phi) is 6.00. The van der Waals surface area contributed by atoms with Crippen molar-refractivity contribution in [1.29, 1.82) is 0 Å². The molecule has 2 unspecified atom stereocenters. The van der Waals surface area contributed by atoms with Crippen LogP contribution in [0.3, 0.4) is 0 Å². The molecule has 0 aromatic rings. The Balaban J connectivity index is 2.58. The smallest absolute Gasteiger partial charge is 0.326 e. The highest BCUT2D eigenvalue weighted by molar-refractivity contribution is 5.82. The molecular formula is C11H20N2O6. The maximum Gasteiger partial charge on any atom is 0.326 e. The third kappa shape index (κ3) is 4.66. The summed E-state index contributed by atoms with van der Waals surface area (Å²) in [6.45, 7) is 1.78. The molecule has 19 heavy (non-hydrogen) atoms. The Labute approximate surface area is 111 Å². The molecular weight excluding hydrogens is 256 g/mol. The van der Waals surface area contributed by atoms with E-state index in [2.05, 4.69) is 5.32 Å². The predicted molar refractivity (Wildman–Crippen MR) is 64.7 cm³/mol. The third-order valence-corrected chi connectivity index (χ3v) is 2.83. The fraction of sp³-hybridized carbons (Fsp3) is 0.818. The largest absolute Gasteiger partial charge is 0.480 e. The first-order valence-corrected chi connectivity index (χ1v) is 6.13. The number of nitrogens with one attached hydrogen (secondary N) is 1. The minimum absolute atomic E-state index is 0.0512. The SMILES string of the molecule is CC1CN(C(=O)N[C@H](CCO)C(=O)O)CC(CO)O1. The Morgan fingerprint density at radius 3 is 2.63 bits per heavy atom. The standard InChI is InChI=1S/C11H20N2O6/c1-7-4-13(5-8(6-15)19-7)11(18)12-9(2-3-14)10(16)17/h7-9,14-15H,2-6H2,1H3,(H,12,18)(H,16,17)/t7?,8?,9-/m1/s1. The third-order valence-electron chi connectivity index (χ3n) is 2.83. The lowest BCUT2D eigenvalue weighted by atomic mass is 10.2. The van der Waals surface area contributed by atoms with Crippen LogP contribution in [0, 0.1) is 0 Å². The molecule has 0 bridgehead atoms. The summed E-state index contributed by atoms with van der Waals surface area (Å²) in [6, 6.07) is -1.65. The van der Waals surface area contributed by atoms with Gasteiger partial charge in [0, 0.05) is 19.6 Å². The van der Waals surface area contributed by atoms with Gasteiger partial charge in [0.2, 0.25) is 0 Å². The Morgan fingerprint density at radius 2 is 2.11 bits per heavy atom. The van der Waals surface area contributed by atoms with Crippen molar-refractivity contribution in [2.75, 3.05) is 26.3 Å². The van der Waals surface area contributed by atoms with E-state index >= 15 is 0 Å². The maximum atomic E-state index is 11.9. The van der Waals surface area contributed by atoms with E-state index in [9.17, 15) is 9.59 Å². The summed E-state index contributed by atoms with van der Waals surface area (Å²) in [5.74, 6) is -1.19. The molecule has 1 aliphatic rings. The molecule has 1 aliphatic heterocycles. The summed E-state index contributed by atoms with van der Waals surface area (Å²) in [5.41, 5.74) is 0. The average Bonchev–Trinajstić information content (AvgIpc) is 2.37. The summed E-state index contributed by atoms with van der Waals surface area (Å²) in [4.78, 5) is 24.2. The predicted octanol–water partition coefficient (Wildman–Crippen LogP) is -1.39. The fourth-order valence-electron chi connectivity index (χ4n) is 1.94. The Morgan fingerprint density at radius 1 is 1.42 bits per heavy atom. The lowest BCUT2D eigenvalue weighted by molar-refractivity contribution is -0.139. The second-order valence-corrected chi connectivity index (χ2v) is 4.51. The number of carboxylic acids is 1. The van der Waals surface area contributed by atoms with E-state index in [1.165, 1.54) is 4.90 Å². The van der Waals surface area contributed by atoms with Crippen LogP contribution in [0.15, 0.2) is 0 Å². The molecule has 2 amide bonds. The van der Waals surface area contributed by atoms with Gasteiger partial charge >= 0.3 is 12.0 Å². The van der Waals surface area contributed by atoms with Crippen LogP contribution in [-0.4, -0.2) is 76.8 Å². The van der Waals surface area contributed by atoms with Gasteiger partial charge < -0.3 is 30.3 Å².